The number of halogens is 2. The van der Waals surface area contributed by atoms with E-state index in [0.717, 1.165) is 16.9 Å². The quantitative estimate of drug-likeness (QED) is 0.317. The van der Waals surface area contributed by atoms with Crippen LogP contribution in [-0.2, 0) is 4.74 Å². The Bertz CT molecular complexity index is 1390. The van der Waals surface area contributed by atoms with E-state index in [2.05, 4.69) is 20.9 Å². The lowest BCUT2D eigenvalue weighted by molar-refractivity contribution is 0.00971. The molecule has 3 aromatic rings. The molecule has 1 aromatic heterocycles. The molecule has 2 heterocycles. The summed E-state index contributed by atoms with van der Waals surface area (Å²) in [5.74, 6) is -0.773. The van der Waals surface area contributed by atoms with Crippen LogP contribution in [-0.4, -0.2) is 58.7 Å². The third-order valence-electron chi connectivity index (χ3n) is 6.08. The van der Waals surface area contributed by atoms with E-state index in [4.69, 9.17) is 16.3 Å². The lowest BCUT2D eigenvalue weighted by atomic mass is 10.0. The first kappa shape index (κ1) is 29.3. The highest BCUT2D eigenvalue weighted by Gasteiger charge is 2.34. The molecule has 1 fully saturated rings. The van der Waals surface area contributed by atoms with Gasteiger partial charge in [-0.2, -0.15) is 0 Å². The number of nitrogens with zero attached hydrogens (tertiary/aromatic N) is 2. The Morgan fingerprint density at radius 2 is 1.90 bits per heavy atom. The Labute approximate surface area is 241 Å². The Kier molecular flexibility index (Phi) is 8.95. The summed E-state index contributed by atoms with van der Waals surface area (Å²) in [6, 6.07) is 11.3. The number of hydrogen-bond acceptors (Lipinski definition) is 7. The molecule has 1 aliphatic rings. The molecule has 212 valence electrons. The number of hydrogen-bond donors (Lipinski definition) is 3. The van der Waals surface area contributed by atoms with Crippen molar-refractivity contribution in [3.63, 3.8) is 0 Å². The number of aromatic nitrogens is 1. The number of nitrogens with one attached hydrogen (secondary N) is 3. The maximum atomic E-state index is 14.9. The standard InChI is InChI=1S/C28H31ClFN5O4S/c1-16-7-5-10-19(29)23(16)34-25(37)22-14-31-26(40-22)32-18-9-6-8-17(13-18)24(36)33-21-11-12-35(15-20(21)30)27(38)39-28(2,3)4/h5-10,13-14,20-21H,11-12,15H2,1-4H3,(H,31,32)(H,33,36)(H,34,37)/t20-,21-/m1/s1. The summed E-state index contributed by atoms with van der Waals surface area (Å²) >= 11 is 7.36. The summed E-state index contributed by atoms with van der Waals surface area (Å²) in [5.41, 5.74) is 1.62. The van der Waals surface area contributed by atoms with Gasteiger partial charge in [0.2, 0.25) is 0 Å². The number of likely N-dealkylation sites (tertiary alicyclic amines) is 1. The van der Waals surface area contributed by atoms with Crippen LogP contribution in [0.3, 0.4) is 0 Å². The first-order valence-corrected chi connectivity index (χ1v) is 13.9. The van der Waals surface area contributed by atoms with Crippen LogP contribution in [0.4, 0.5) is 25.7 Å². The second-order valence-corrected chi connectivity index (χ2v) is 11.9. The van der Waals surface area contributed by atoms with Crippen LogP contribution in [0.5, 0.6) is 0 Å². The highest BCUT2D eigenvalue weighted by atomic mass is 35.5. The number of piperidine rings is 1. The van der Waals surface area contributed by atoms with Crippen molar-refractivity contribution in [1.82, 2.24) is 15.2 Å². The van der Waals surface area contributed by atoms with Crippen LogP contribution in [0.2, 0.25) is 5.02 Å². The molecule has 0 radical (unpaired) electrons. The molecule has 0 bridgehead atoms. The van der Waals surface area contributed by atoms with E-state index >= 15 is 0 Å². The number of anilines is 3. The Balaban J connectivity index is 1.34. The minimum absolute atomic E-state index is 0.155. The second kappa shape index (κ2) is 12.2. The number of rotatable bonds is 6. The minimum atomic E-state index is -1.43. The minimum Gasteiger partial charge on any atom is -0.444 e. The van der Waals surface area contributed by atoms with Gasteiger partial charge in [0.25, 0.3) is 11.8 Å². The second-order valence-electron chi connectivity index (χ2n) is 10.4. The van der Waals surface area contributed by atoms with Crippen LogP contribution in [0, 0.1) is 6.92 Å². The van der Waals surface area contributed by atoms with Gasteiger partial charge < -0.3 is 25.6 Å². The topological polar surface area (TPSA) is 113 Å². The van der Waals surface area contributed by atoms with E-state index in [9.17, 15) is 18.8 Å². The molecule has 3 amide bonds. The van der Waals surface area contributed by atoms with Crippen molar-refractivity contribution in [2.24, 2.45) is 0 Å². The van der Waals surface area contributed by atoms with Crippen molar-refractivity contribution < 1.29 is 23.5 Å². The molecule has 0 unspecified atom stereocenters. The summed E-state index contributed by atoms with van der Waals surface area (Å²) in [6.45, 7) is 7.23. The Hall–Kier alpha value is -3.70. The zero-order chi connectivity index (χ0) is 29.0. The van der Waals surface area contributed by atoms with E-state index in [-0.39, 0.29) is 25.4 Å². The van der Waals surface area contributed by atoms with Gasteiger partial charge in [-0.05, 0) is 63.9 Å². The molecular weight excluding hydrogens is 557 g/mol. The fourth-order valence-electron chi connectivity index (χ4n) is 4.08. The predicted molar refractivity (Wildman–Crippen MR) is 155 cm³/mol. The lowest BCUT2D eigenvalue weighted by Crippen LogP contribution is -2.54. The zero-order valence-electron chi connectivity index (χ0n) is 22.6. The summed E-state index contributed by atoms with van der Waals surface area (Å²) < 4.78 is 20.2. The summed E-state index contributed by atoms with van der Waals surface area (Å²) in [5, 5.41) is 9.55. The molecular formula is C28H31ClFN5O4S. The highest BCUT2D eigenvalue weighted by molar-refractivity contribution is 7.17. The van der Waals surface area contributed by atoms with Crippen molar-refractivity contribution in [3.05, 3.63) is 69.7 Å². The molecule has 0 aliphatic carbocycles. The number of alkyl halides is 1. The lowest BCUT2D eigenvalue weighted by Gasteiger charge is -2.35. The molecule has 0 spiro atoms. The van der Waals surface area contributed by atoms with E-state index in [0.29, 0.717) is 32.0 Å². The number of carbonyl (C=O) groups excluding carboxylic acids is 3. The summed E-state index contributed by atoms with van der Waals surface area (Å²) in [7, 11) is 0. The van der Waals surface area contributed by atoms with Gasteiger partial charge in [0.1, 0.15) is 16.6 Å². The molecule has 4 rings (SSSR count). The van der Waals surface area contributed by atoms with E-state index < -0.39 is 29.8 Å². The van der Waals surface area contributed by atoms with Gasteiger partial charge in [0.05, 0.1) is 29.5 Å². The van der Waals surface area contributed by atoms with Gasteiger partial charge in [0, 0.05) is 17.8 Å². The van der Waals surface area contributed by atoms with Crippen molar-refractivity contribution >= 4 is 57.4 Å². The van der Waals surface area contributed by atoms with Crippen molar-refractivity contribution in [3.8, 4) is 0 Å². The average molecular weight is 588 g/mol. The van der Waals surface area contributed by atoms with E-state index in [1.165, 1.54) is 11.1 Å². The van der Waals surface area contributed by atoms with Crippen molar-refractivity contribution in [2.45, 2.75) is 51.9 Å². The maximum absolute atomic E-state index is 14.9. The highest BCUT2D eigenvalue weighted by Crippen LogP contribution is 2.28. The summed E-state index contributed by atoms with van der Waals surface area (Å²) in [6.07, 6.45) is -0.279. The monoisotopic (exact) mass is 587 g/mol. The fraction of sp³-hybridized carbons (Fsp3) is 0.357. The van der Waals surface area contributed by atoms with Gasteiger partial charge in [-0.3, -0.25) is 9.59 Å². The largest absolute Gasteiger partial charge is 0.444 e. The van der Waals surface area contributed by atoms with Gasteiger partial charge in [-0.25, -0.2) is 14.2 Å². The molecule has 40 heavy (non-hydrogen) atoms. The van der Waals surface area contributed by atoms with Crippen LogP contribution >= 0.6 is 22.9 Å². The normalized spacial score (nSPS) is 17.2. The number of para-hydroxylation sites is 1. The van der Waals surface area contributed by atoms with Crippen LogP contribution in [0.15, 0.2) is 48.7 Å². The third-order valence-corrected chi connectivity index (χ3v) is 7.30. The van der Waals surface area contributed by atoms with E-state index in [1.54, 1.807) is 51.1 Å². The molecule has 1 aliphatic heterocycles. The first-order chi connectivity index (χ1) is 18.9. The summed E-state index contributed by atoms with van der Waals surface area (Å²) in [4.78, 5) is 43.8. The zero-order valence-corrected chi connectivity index (χ0v) is 24.2. The maximum Gasteiger partial charge on any atom is 0.410 e. The van der Waals surface area contributed by atoms with Gasteiger partial charge in [0.15, 0.2) is 5.13 Å². The number of thiazole rings is 1. The molecule has 0 saturated carbocycles. The molecule has 12 heteroatoms. The van der Waals surface area contributed by atoms with Crippen LogP contribution in [0.25, 0.3) is 0 Å². The third kappa shape index (κ3) is 7.48. The average Bonchev–Trinajstić information content (AvgIpc) is 3.35. The molecule has 2 aromatic carbocycles. The smallest absolute Gasteiger partial charge is 0.410 e. The fourth-order valence-corrected chi connectivity index (χ4v) is 5.08. The van der Waals surface area contributed by atoms with Gasteiger partial charge >= 0.3 is 6.09 Å². The number of ether oxygens (including phenoxy) is 1. The van der Waals surface area contributed by atoms with Crippen LogP contribution < -0.4 is 16.0 Å². The molecule has 1 saturated heterocycles. The van der Waals surface area contributed by atoms with Crippen molar-refractivity contribution in [2.75, 3.05) is 23.7 Å². The number of aryl methyl sites for hydroxylation is 1. The van der Waals surface area contributed by atoms with Crippen molar-refractivity contribution in [1.29, 1.82) is 0 Å². The Morgan fingerprint density at radius 3 is 2.60 bits per heavy atom. The predicted octanol–water partition coefficient (Wildman–Crippen LogP) is 6.18. The molecule has 9 nitrogen and oxygen atoms in total. The number of benzene rings is 2. The number of amides is 3. The van der Waals surface area contributed by atoms with E-state index in [1.807, 2.05) is 19.1 Å². The van der Waals surface area contributed by atoms with Gasteiger partial charge in [-0.15, -0.1) is 0 Å². The van der Waals surface area contributed by atoms with Crippen LogP contribution in [0.1, 0.15) is 52.8 Å². The molecule has 3 N–H and O–H groups in total. The molecule has 2 atom stereocenters. The first-order valence-electron chi connectivity index (χ1n) is 12.7. The number of carbonyl (C=O) groups is 3. The van der Waals surface area contributed by atoms with Gasteiger partial charge in [-0.1, -0.05) is 41.1 Å². The Morgan fingerprint density at radius 1 is 1.15 bits per heavy atom. The SMILES string of the molecule is Cc1cccc(Cl)c1NC(=O)c1cnc(Nc2cccc(C(=O)N[C@@H]3CCN(C(=O)OC(C)(C)C)C[C@H]3F)c2)s1.